The maximum atomic E-state index is 12.4. The Morgan fingerprint density at radius 1 is 1.23 bits per heavy atom. The Bertz CT molecular complexity index is 571. The van der Waals surface area contributed by atoms with Crippen molar-refractivity contribution in [1.82, 2.24) is 5.32 Å². The molecule has 22 heavy (non-hydrogen) atoms. The number of ether oxygens (including phenoxy) is 2. The number of hydrogen-bond donors (Lipinski definition) is 1. The molecule has 1 aromatic rings. The van der Waals surface area contributed by atoms with E-state index in [4.69, 9.17) is 9.47 Å². The van der Waals surface area contributed by atoms with Crippen LogP contribution in [0.5, 0.6) is 0 Å². The molecule has 2 rings (SSSR count). The van der Waals surface area contributed by atoms with Gasteiger partial charge in [-0.1, -0.05) is 18.2 Å². The zero-order chi connectivity index (χ0) is 16.2. The van der Waals surface area contributed by atoms with Gasteiger partial charge >= 0.3 is 5.97 Å². The molecule has 1 amide bonds. The molecule has 1 fully saturated rings. The van der Waals surface area contributed by atoms with E-state index in [1.165, 1.54) is 14.2 Å². The summed E-state index contributed by atoms with van der Waals surface area (Å²) in [7, 11) is 2.66. The van der Waals surface area contributed by atoms with Crippen molar-refractivity contribution in [2.45, 2.75) is 30.9 Å². The molecule has 0 heterocycles. The van der Waals surface area contributed by atoms with Gasteiger partial charge in [0.15, 0.2) is 5.54 Å². The SMILES string of the molecule is COC(=O)[C@]1(NC(=O)c2ccccc2)CCC(=O)C[C@@H]1OC. The first-order valence-corrected chi connectivity index (χ1v) is 7.04. The zero-order valence-electron chi connectivity index (χ0n) is 12.6. The smallest absolute Gasteiger partial charge is 0.334 e. The van der Waals surface area contributed by atoms with E-state index in [1.54, 1.807) is 30.3 Å². The zero-order valence-corrected chi connectivity index (χ0v) is 12.6. The van der Waals surface area contributed by atoms with Crippen LogP contribution in [-0.4, -0.2) is 43.5 Å². The van der Waals surface area contributed by atoms with Crippen LogP contribution in [0.1, 0.15) is 29.6 Å². The first-order chi connectivity index (χ1) is 10.5. The standard InChI is InChI=1S/C16H19NO5/c1-21-13-10-12(18)8-9-16(13,15(20)22-2)17-14(19)11-6-4-3-5-7-11/h3-7,13H,8-10H2,1-2H3,(H,17,19)/t13-,16-/m0/s1. The molecule has 0 aliphatic heterocycles. The summed E-state index contributed by atoms with van der Waals surface area (Å²) in [5.74, 6) is -1.00. The van der Waals surface area contributed by atoms with Crippen LogP contribution < -0.4 is 5.32 Å². The normalized spacial score (nSPS) is 24.6. The Balaban J connectivity index is 2.31. The van der Waals surface area contributed by atoms with Gasteiger partial charge in [-0.25, -0.2) is 4.79 Å². The van der Waals surface area contributed by atoms with Crippen LogP contribution in [0.25, 0.3) is 0 Å². The number of Topliss-reactive ketones (excluding diaryl/α,β-unsaturated/α-hetero) is 1. The summed E-state index contributed by atoms with van der Waals surface area (Å²) in [6, 6.07) is 8.56. The molecule has 1 N–H and O–H groups in total. The van der Waals surface area contributed by atoms with Gasteiger partial charge in [0.1, 0.15) is 5.78 Å². The van der Waals surface area contributed by atoms with Crippen LogP contribution in [0.2, 0.25) is 0 Å². The van der Waals surface area contributed by atoms with E-state index in [9.17, 15) is 14.4 Å². The Morgan fingerprint density at radius 2 is 1.91 bits per heavy atom. The van der Waals surface area contributed by atoms with Gasteiger partial charge < -0.3 is 14.8 Å². The van der Waals surface area contributed by atoms with E-state index in [0.717, 1.165) is 0 Å². The van der Waals surface area contributed by atoms with Gasteiger partial charge in [0.25, 0.3) is 5.91 Å². The van der Waals surface area contributed by atoms with E-state index in [-0.39, 0.29) is 25.0 Å². The molecule has 0 spiro atoms. The van der Waals surface area contributed by atoms with Crippen molar-refractivity contribution in [3.05, 3.63) is 35.9 Å². The lowest BCUT2D eigenvalue weighted by atomic mass is 9.78. The van der Waals surface area contributed by atoms with Crippen molar-refractivity contribution in [1.29, 1.82) is 0 Å². The molecule has 0 radical (unpaired) electrons. The molecular formula is C16H19NO5. The van der Waals surface area contributed by atoms with E-state index in [1.807, 2.05) is 0 Å². The van der Waals surface area contributed by atoms with Crippen molar-refractivity contribution in [3.63, 3.8) is 0 Å². The number of carbonyl (C=O) groups is 3. The van der Waals surface area contributed by atoms with Crippen molar-refractivity contribution < 1.29 is 23.9 Å². The maximum Gasteiger partial charge on any atom is 0.334 e. The minimum atomic E-state index is -1.34. The topological polar surface area (TPSA) is 81.7 Å². The number of benzene rings is 1. The Hall–Kier alpha value is -2.21. The molecule has 0 bridgehead atoms. The lowest BCUT2D eigenvalue weighted by Crippen LogP contribution is -2.65. The highest BCUT2D eigenvalue weighted by atomic mass is 16.5. The number of methoxy groups -OCH3 is 2. The number of nitrogens with one attached hydrogen (secondary N) is 1. The maximum absolute atomic E-state index is 12.4. The molecule has 0 unspecified atom stereocenters. The second-order valence-corrected chi connectivity index (χ2v) is 5.25. The fourth-order valence-electron chi connectivity index (χ4n) is 2.74. The molecule has 0 aromatic heterocycles. The molecule has 1 saturated carbocycles. The molecule has 118 valence electrons. The van der Waals surface area contributed by atoms with Crippen molar-refractivity contribution in [2.24, 2.45) is 0 Å². The van der Waals surface area contributed by atoms with Gasteiger partial charge in [-0.05, 0) is 18.6 Å². The summed E-state index contributed by atoms with van der Waals surface area (Å²) in [6.45, 7) is 0. The third-order valence-corrected chi connectivity index (χ3v) is 3.97. The number of carbonyl (C=O) groups excluding carboxylic acids is 3. The van der Waals surface area contributed by atoms with Crippen LogP contribution in [0, 0.1) is 0 Å². The first-order valence-electron chi connectivity index (χ1n) is 7.04. The molecule has 2 atom stereocenters. The molecule has 0 saturated heterocycles. The summed E-state index contributed by atoms with van der Waals surface area (Å²) < 4.78 is 10.2. The van der Waals surface area contributed by atoms with Crippen molar-refractivity contribution >= 4 is 17.7 Å². The van der Waals surface area contributed by atoms with Gasteiger partial charge in [0, 0.05) is 25.5 Å². The van der Waals surface area contributed by atoms with Crippen LogP contribution in [0.15, 0.2) is 30.3 Å². The Morgan fingerprint density at radius 3 is 2.50 bits per heavy atom. The lowest BCUT2D eigenvalue weighted by molar-refractivity contribution is -0.158. The minimum absolute atomic E-state index is 0.000313. The van der Waals surface area contributed by atoms with E-state index in [2.05, 4.69) is 5.32 Å². The monoisotopic (exact) mass is 305 g/mol. The minimum Gasteiger partial charge on any atom is -0.467 e. The lowest BCUT2D eigenvalue weighted by Gasteiger charge is -2.40. The van der Waals surface area contributed by atoms with E-state index >= 15 is 0 Å². The molecule has 6 nitrogen and oxygen atoms in total. The van der Waals surface area contributed by atoms with Crippen LogP contribution >= 0.6 is 0 Å². The van der Waals surface area contributed by atoms with Gasteiger partial charge in [-0.2, -0.15) is 0 Å². The van der Waals surface area contributed by atoms with E-state index in [0.29, 0.717) is 5.56 Å². The summed E-state index contributed by atoms with van der Waals surface area (Å²) in [4.78, 5) is 36.4. The fourth-order valence-corrected chi connectivity index (χ4v) is 2.74. The highest BCUT2D eigenvalue weighted by Crippen LogP contribution is 2.30. The highest BCUT2D eigenvalue weighted by Gasteiger charge is 2.51. The van der Waals surface area contributed by atoms with Crippen LogP contribution in [0.4, 0.5) is 0 Å². The third kappa shape index (κ3) is 3.01. The summed E-state index contributed by atoms with van der Waals surface area (Å²) >= 11 is 0. The molecular weight excluding hydrogens is 286 g/mol. The average Bonchev–Trinajstić information content (AvgIpc) is 2.56. The summed E-state index contributed by atoms with van der Waals surface area (Å²) in [6.07, 6.45) is -0.311. The second kappa shape index (κ2) is 6.70. The largest absolute Gasteiger partial charge is 0.467 e. The molecule has 1 aromatic carbocycles. The van der Waals surface area contributed by atoms with Crippen LogP contribution in [-0.2, 0) is 19.1 Å². The van der Waals surface area contributed by atoms with Gasteiger partial charge in [0.05, 0.1) is 13.2 Å². The quantitative estimate of drug-likeness (QED) is 0.842. The molecule has 1 aliphatic rings. The van der Waals surface area contributed by atoms with Gasteiger partial charge in [-0.3, -0.25) is 9.59 Å². The van der Waals surface area contributed by atoms with Crippen molar-refractivity contribution in [3.8, 4) is 0 Å². The number of esters is 1. The second-order valence-electron chi connectivity index (χ2n) is 5.25. The summed E-state index contributed by atoms with van der Waals surface area (Å²) in [5.41, 5.74) is -0.915. The van der Waals surface area contributed by atoms with Gasteiger partial charge in [-0.15, -0.1) is 0 Å². The highest BCUT2D eigenvalue weighted by molar-refractivity contribution is 5.99. The Kier molecular flexibility index (Phi) is 4.92. The van der Waals surface area contributed by atoms with E-state index < -0.39 is 23.5 Å². The first kappa shape index (κ1) is 16.2. The van der Waals surface area contributed by atoms with Gasteiger partial charge in [0.2, 0.25) is 0 Å². The average molecular weight is 305 g/mol. The van der Waals surface area contributed by atoms with Crippen LogP contribution in [0.3, 0.4) is 0 Å². The number of hydrogen-bond acceptors (Lipinski definition) is 5. The number of ketones is 1. The number of amides is 1. The predicted octanol–water partition coefficient (Wildman–Crippen LogP) is 1.10. The predicted molar refractivity (Wildman–Crippen MR) is 78.3 cm³/mol. The fraction of sp³-hybridized carbons (Fsp3) is 0.438. The number of rotatable bonds is 4. The third-order valence-electron chi connectivity index (χ3n) is 3.97. The molecule has 6 heteroatoms. The van der Waals surface area contributed by atoms with Crippen molar-refractivity contribution in [2.75, 3.05) is 14.2 Å². The Labute approximate surface area is 128 Å². The molecule has 1 aliphatic carbocycles. The summed E-state index contributed by atoms with van der Waals surface area (Å²) in [5, 5.41) is 2.73.